The van der Waals surface area contributed by atoms with Crippen LogP contribution in [0.15, 0.2) is 30.6 Å². The number of methoxy groups -OCH3 is 1. The van der Waals surface area contributed by atoms with Crippen molar-refractivity contribution in [2.24, 2.45) is 0 Å². The van der Waals surface area contributed by atoms with Crippen molar-refractivity contribution in [3.8, 4) is 17.6 Å². The largest absolute Gasteiger partial charge is 0.495 e. The first-order chi connectivity index (χ1) is 9.24. The second-order valence-electron chi connectivity index (χ2n) is 4.10. The Balaban J connectivity index is 2.30. The Morgan fingerprint density at radius 2 is 2.26 bits per heavy atom. The highest BCUT2D eigenvalue weighted by molar-refractivity contribution is 5.48. The van der Waals surface area contributed by atoms with Gasteiger partial charge in [0.05, 0.1) is 12.7 Å². The van der Waals surface area contributed by atoms with Crippen molar-refractivity contribution >= 4 is 0 Å². The lowest BCUT2D eigenvalue weighted by Gasteiger charge is -2.08. The Labute approximate surface area is 112 Å². The molecule has 1 aromatic carbocycles. The molecule has 1 aromatic heterocycles. The highest BCUT2D eigenvalue weighted by atomic mass is 16.5. The molecule has 0 amide bonds. The van der Waals surface area contributed by atoms with Crippen molar-refractivity contribution in [1.29, 1.82) is 0 Å². The van der Waals surface area contributed by atoms with Crippen LogP contribution in [0.4, 0.5) is 0 Å². The van der Waals surface area contributed by atoms with E-state index in [2.05, 4.69) is 21.4 Å². The van der Waals surface area contributed by atoms with Crippen LogP contribution in [0, 0.1) is 18.8 Å². The molecule has 98 valence electrons. The fraction of sp³-hybridized carbons (Fsp3) is 0.267. The third kappa shape index (κ3) is 3.15. The lowest BCUT2D eigenvalue weighted by Crippen LogP contribution is -2.01. The summed E-state index contributed by atoms with van der Waals surface area (Å²) >= 11 is 0. The predicted molar refractivity (Wildman–Crippen MR) is 73.0 cm³/mol. The van der Waals surface area contributed by atoms with Gasteiger partial charge < -0.3 is 14.4 Å². The van der Waals surface area contributed by atoms with Crippen LogP contribution in [0.3, 0.4) is 0 Å². The molecule has 0 unspecified atom stereocenters. The van der Waals surface area contributed by atoms with Gasteiger partial charge in [0.1, 0.15) is 18.2 Å². The van der Waals surface area contributed by atoms with Crippen LogP contribution in [0.2, 0.25) is 0 Å². The van der Waals surface area contributed by atoms with Gasteiger partial charge in [-0.3, -0.25) is 0 Å². The number of imidazole rings is 1. The quantitative estimate of drug-likeness (QED) is 0.848. The molecular weight excluding hydrogens is 240 g/mol. The van der Waals surface area contributed by atoms with E-state index in [1.807, 2.05) is 31.3 Å². The lowest BCUT2D eigenvalue weighted by molar-refractivity contribution is 0.350. The van der Waals surface area contributed by atoms with E-state index in [1.165, 1.54) is 0 Å². The van der Waals surface area contributed by atoms with Gasteiger partial charge in [0.25, 0.3) is 0 Å². The maximum absolute atomic E-state index is 8.78. The third-order valence-corrected chi connectivity index (χ3v) is 2.84. The number of aliphatic hydroxyl groups is 1. The van der Waals surface area contributed by atoms with Crippen molar-refractivity contribution in [2.75, 3.05) is 13.7 Å². The molecule has 0 atom stereocenters. The molecule has 0 spiro atoms. The molecule has 0 aliphatic carbocycles. The average molecular weight is 256 g/mol. The van der Waals surface area contributed by atoms with Gasteiger partial charge in [0.15, 0.2) is 0 Å². The van der Waals surface area contributed by atoms with Crippen LogP contribution in [0.1, 0.15) is 17.0 Å². The number of aliphatic hydroxyl groups excluding tert-OH is 1. The second-order valence-corrected chi connectivity index (χ2v) is 4.10. The van der Waals surface area contributed by atoms with E-state index in [4.69, 9.17) is 9.84 Å². The van der Waals surface area contributed by atoms with E-state index in [0.717, 1.165) is 23.5 Å². The van der Waals surface area contributed by atoms with Crippen LogP contribution in [0.25, 0.3) is 0 Å². The maximum Gasteiger partial charge on any atom is 0.134 e. The SMILES string of the molecule is COc1ccc(Cn2ccnc2C)cc1C#CCO. The van der Waals surface area contributed by atoms with E-state index < -0.39 is 0 Å². The van der Waals surface area contributed by atoms with Crippen molar-refractivity contribution < 1.29 is 9.84 Å². The fourth-order valence-electron chi connectivity index (χ4n) is 1.85. The van der Waals surface area contributed by atoms with Gasteiger partial charge in [-0.05, 0) is 24.6 Å². The number of rotatable bonds is 3. The summed E-state index contributed by atoms with van der Waals surface area (Å²) in [5, 5.41) is 8.78. The number of ether oxygens (including phenoxy) is 1. The first-order valence-corrected chi connectivity index (χ1v) is 5.99. The molecule has 0 aliphatic heterocycles. The molecule has 19 heavy (non-hydrogen) atoms. The highest BCUT2D eigenvalue weighted by Crippen LogP contribution is 2.19. The molecule has 1 N–H and O–H groups in total. The minimum Gasteiger partial charge on any atom is -0.495 e. The van der Waals surface area contributed by atoms with Gasteiger partial charge in [-0.2, -0.15) is 0 Å². The Kier molecular flexibility index (Phi) is 4.22. The normalized spacial score (nSPS) is 9.84. The van der Waals surface area contributed by atoms with Gasteiger partial charge in [-0.1, -0.05) is 17.9 Å². The van der Waals surface area contributed by atoms with E-state index in [0.29, 0.717) is 5.75 Å². The number of hydrogen-bond donors (Lipinski definition) is 1. The zero-order valence-corrected chi connectivity index (χ0v) is 11.1. The number of aromatic nitrogens is 2. The fourth-order valence-corrected chi connectivity index (χ4v) is 1.85. The van der Waals surface area contributed by atoms with Crippen molar-refractivity contribution in [2.45, 2.75) is 13.5 Å². The molecule has 0 bridgehead atoms. The minimum atomic E-state index is -0.159. The van der Waals surface area contributed by atoms with Crippen LogP contribution >= 0.6 is 0 Å². The summed E-state index contributed by atoms with van der Waals surface area (Å²) in [5.74, 6) is 7.23. The topological polar surface area (TPSA) is 47.3 Å². The monoisotopic (exact) mass is 256 g/mol. The number of nitrogens with zero attached hydrogens (tertiary/aromatic N) is 2. The number of hydrogen-bond acceptors (Lipinski definition) is 3. The molecule has 2 aromatic rings. The summed E-state index contributed by atoms with van der Waals surface area (Å²) in [6.07, 6.45) is 3.73. The summed E-state index contributed by atoms with van der Waals surface area (Å²) < 4.78 is 7.31. The summed E-state index contributed by atoms with van der Waals surface area (Å²) in [6.45, 7) is 2.55. The third-order valence-electron chi connectivity index (χ3n) is 2.84. The molecule has 0 aliphatic rings. The molecule has 0 fully saturated rings. The van der Waals surface area contributed by atoms with Crippen molar-refractivity contribution in [1.82, 2.24) is 9.55 Å². The number of aryl methyl sites for hydroxylation is 1. The van der Waals surface area contributed by atoms with Crippen LogP contribution < -0.4 is 4.74 Å². The summed E-state index contributed by atoms with van der Waals surface area (Å²) in [7, 11) is 1.61. The van der Waals surface area contributed by atoms with Gasteiger partial charge in [-0.15, -0.1) is 0 Å². The Morgan fingerprint density at radius 3 is 2.89 bits per heavy atom. The maximum atomic E-state index is 8.78. The van der Waals surface area contributed by atoms with Gasteiger partial charge in [-0.25, -0.2) is 4.98 Å². The lowest BCUT2D eigenvalue weighted by atomic mass is 10.1. The van der Waals surface area contributed by atoms with Crippen molar-refractivity contribution in [3.05, 3.63) is 47.5 Å². The zero-order chi connectivity index (χ0) is 13.7. The van der Waals surface area contributed by atoms with Crippen LogP contribution in [-0.4, -0.2) is 28.4 Å². The van der Waals surface area contributed by atoms with Gasteiger partial charge >= 0.3 is 0 Å². The Morgan fingerprint density at radius 1 is 1.42 bits per heavy atom. The Hall–Kier alpha value is -2.25. The number of benzene rings is 1. The molecule has 0 saturated carbocycles. The highest BCUT2D eigenvalue weighted by Gasteiger charge is 2.04. The van der Waals surface area contributed by atoms with Gasteiger partial charge in [0.2, 0.25) is 0 Å². The van der Waals surface area contributed by atoms with Crippen molar-refractivity contribution in [3.63, 3.8) is 0 Å². The standard InChI is InChI=1S/C15H16N2O2/c1-12-16-7-8-17(12)11-13-5-6-15(19-2)14(10-13)4-3-9-18/h5-8,10,18H,9,11H2,1-2H3. The molecule has 0 radical (unpaired) electrons. The second kappa shape index (κ2) is 6.07. The Bertz CT molecular complexity index is 621. The molecular formula is C15H16N2O2. The molecule has 4 nitrogen and oxygen atoms in total. The minimum absolute atomic E-state index is 0.159. The summed E-state index contributed by atoms with van der Waals surface area (Å²) in [6, 6.07) is 5.87. The van der Waals surface area contributed by atoms with E-state index >= 15 is 0 Å². The van der Waals surface area contributed by atoms with Crippen LogP contribution in [0.5, 0.6) is 5.75 Å². The average Bonchev–Trinajstić information content (AvgIpc) is 2.82. The van der Waals surface area contributed by atoms with E-state index in [-0.39, 0.29) is 6.61 Å². The van der Waals surface area contributed by atoms with E-state index in [1.54, 1.807) is 13.3 Å². The summed E-state index contributed by atoms with van der Waals surface area (Å²) in [4.78, 5) is 4.20. The molecule has 1 heterocycles. The first kappa shape index (κ1) is 13.2. The smallest absolute Gasteiger partial charge is 0.134 e. The van der Waals surface area contributed by atoms with E-state index in [9.17, 15) is 0 Å². The predicted octanol–water partition coefficient (Wildman–Crippen LogP) is 1.59. The molecule has 4 heteroatoms. The molecule has 2 rings (SSSR count). The summed E-state index contributed by atoms with van der Waals surface area (Å²) in [5.41, 5.74) is 1.90. The van der Waals surface area contributed by atoms with Gasteiger partial charge in [0, 0.05) is 18.9 Å². The zero-order valence-electron chi connectivity index (χ0n) is 11.1. The van der Waals surface area contributed by atoms with Crippen LogP contribution in [-0.2, 0) is 6.54 Å². The molecule has 0 saturated heterocycles. The first-order valence-electron chi connectivity index (χ1n) is 5.99.